The number of hydrogen-bond donors (Lipinski definition) is 2. The molecule has 0 fully saturated rings. The average molecular weight is 326 g/mol. The Kier molecular flexibility index (Phi) is 6.97. The van der Waals surface area contributed by atoms with Crippen LogP contribution in [0.15, 0.2) is 24.8 Å². The Labute approximate surface area is 127 Å². The molecular weight excluding hydrogens is 310 g/mol. The van der Waals surface area contributed by atoms with E-state index in [2.05, 4.69) is 6.58 Å². The van der Waals surface area contributed by atoms with Gasteiger partial charge < -0.3 is 14.9 Å². The number of aliphatic hydroxyl groups excluding tert-OH is 2. The fraction of sp³-hybridized carbons (Fsp3) is 0.385. The fourth-order valence-corrected chi connectivity index (χ4v) is 2.06. The topological polar surface area (TPSA) is 49.7 Å². The molecule has 0 aliphatic rings. The molecule has 0 aliphatic heterocycles. The molecule has 1 aromatic carbocycles. The van der Waals surface area contributed by atoms with E-state index >= 15 is 0 Å². The molecule has 0 radical (unpaired) electrons. The largest absolute Gasteiger partial charge is 0.489 e. The first kappa shape index (κ1) is 16.6. The average Bonchev–Trinajstić information content (AvgIpc) is 2.32. The van der Waals surface area contributed by atoms with E-state index in [0.717, 1.165) is 0 Å². The van der Waals surface area contributed by atoms with Gasteiger partial charge in [-0.3, -0.25) is 0 Å². The maximum Gasteiger partial charge on any atom is 0.139 e. The Hall–Kier alpha value is -0.450. The quantitative estimate of drug-likeness (QED) is 0.593. The van der Waals surface area contributed by atoms with E-state index in [-0.39, 0.29) is 13.0 Å². The molecule has 6 heteroatoms. The van der Waals surface area contributed by atoms with Crippen LogP contribution in [-0.4, -0.2) is 29.0 Å². The maximum atomic E-state index is 9.70. The van der Waals surface area contributed by atoms with Crippen molar-refractivity contribution < 1.29 is 14.9 Å². The van der Waals surface area contributed by atoms with Crippen LogP contribution in [0, 0.1) is 0 Å². The van der Waals surface area contributed by atoms with Gasteiger partial charge in [-0.25, -0.2) is 0 Å². The molecule has 2 atom stereocenters. The molecule has 3 nitrogen and oxygen atoms in total. The molecule has 19 heavy (non-hydrogen) atoms. The summed E-state index contributed by atoms with van der Waals surface area (Å²) in [7, 11) is 0. The minimum atomic E-state index is -0.805. The van der Waals surface area contributed by atoms with Crippen LogP contribution in [0.2, 0.25) is 15.1 Å². The van der Waals surface area contributed by atoms with Gasteiger partial charge in [-0.2, -0.15) is 0 Å². The number of benzene rings is 1. The highest BCUT2D eigenvalue weighted by Gasteiger charge is 2.13. The number of hydrogen-bond acceptors (Lipinski definition) is 3. The lowest BCUT2D eigenvalue weighted by Crippen LogP contribution is -2.23. The Morgan fingerprint density at radius 1 is 1.11 bits per heavy atom. The zero-order valence-electron chi connectivity index (χ0n) is 10.2. The molecule has 1 rings (SSSR count). The molecule has 0 aromatic heterocycles. The van der Waals surface area contributed by atoms with Crippen LogP contribution in [0.1, 0.15) is 12.8 Å². The molecule has 0 unspecified atom stereocenters. The number of rotatable bonds is 7. The first-order chi connectivity index (χ1) is 8.93. The van der Waals surface area contributed by atoms with Crippen LogP contribution < -0.4 is 4.74 Å². The first-order valence-corrected chi connectivity index (χ1v) is 6.81. The van der Waals surface area contributed by atoms with E-state index in [0.29, 0.717) is 27.2 Å². The highest BCUT2D eigenvalue weighted by Crippen LogP contribution is 2.33. The van der Waals surface area contributed by atoms with E-state index in [1.54, 1.807) is 6.08 Å². The summed E-state index contributed by atoms with van der Waals surface area (Å²) in [5.41, 5.74) is 0. The lowest BCUT2D eigenvalue weighted by atomic mass is 10.1. The predicted octanol–water partition coefficient (Wildman–Crippen LogP) is 3.71. The van der Waals surface area contributed by atoms with Gasteiger partial charge in [0.2, 0.25) is 0 Å². The highest BCUT2D eigenvalue weighted by molar-refractivity contribution is 6.43. The lowest BCUT2D eigenvalue weighted by Gasteiger charge is -2.16. The second kappa shape index (κ2) is 7.98. The SMILES string of the molecule is C=CC[C@H](O)C[C@H](O)COc1cc(Cl)c(Cl)cc1Cl. The standard InChI is InChI=1S/C13H15Cl3O3/c1-2-3-8(17)4-9(18)7-19-13-6-11(15)10(14)5-12(13)16/h2,5-6,8-9,17-18H,1,3-4,7H2/t8-,9-/m0/s1. The summed E-state index contributed by atoms with van der Waals surface area (Å²) in [6.07, 6.45) is 0.768. The molecule has 0 amide bonds. The minimum absolute atomic E-state index is 0.00584. The Bertz CT molecular complexity index is 437. The molecule has 0 aliphatic carbocycles. The summed E-state index contributed by atoms with van der Waals surface area (Å²) < 4.78 is 5.35. The van der Waals surface area contributed by atoms with Gasteiger partial charge in [0.05, 0.1) is 27.3 Å². The second-order valence-electron chi connectivity index (χ2n) is 4.08. The summed E-state index contributed by atoms with van der Waals surface area (Å²) in [5, 5.41) is 20.2. The Balaban J connectivity index is 2.52. The van der Waals surface area contributed by atoms with Crippen LogP contribution >= 0.6 is 34.8 Å². The molecule has 106 valence electrons. The fourth-order valence-electron chi connectivity index (χ4n) is 1.47. The van der Waals surface area contributed by atoms with Gasteiger partial charge in [-0.1, -0.05) is 40.9 Å². The van der Waals surface area contributed by atoms with Gasteiger partial charge in [0.25, 0.3) is 0 Å². The van der Waals surface area contributed by atoms with E-state index in [9.17, 15) is 10.2 Å². The van der Waals surface area contributed by atoms with Crippen molar-refractivity contribution in [2.45, 2.75) is 25.0 Å². The summed E-state index contributed by atoms with van der Waals surface area (Å²) in [4.78, 5) is 0. The van der Waals surface area contributed by atoms with E-state index in [1.165, 1.54) is 12.1 Å². The lowest BCUT2D eigenvalue weighted by molar-refractivity contribution is 0.0503. The normalized spacial score (nSPS) is 13.9. The van der Waals surface area contributed by atoms with Gasteiger partial charge >= 0.3 is 0 Å². The number of ether oxygens (including phenoxy) is 1. The zero-order chi connectivity index (χ0) is 14.4. The third kappa shape index (κ3) is 5.59. The minimum Gasteiger partial charge on any atom is -0.489 e. The van der Waals surface area contributed by atoms with Crippen molar-refractivity contribution in [1.29, 1.82) is 0 Å². The maximum absolute atomic E-state index is 9.70. The monoisotopic (exact) mass is 324 g/mol. The van der Waals surface area contributed by atoms with Crippen LogP contribution in [0.4, 0.5) is 0 Å². The second-order valence-corrected chi connectivity index (χ2v) is 5.30. The molecule has 0 saturated heterocycles. The Morgan fingerprint density at radius 2 is 1.74 bits per heavy atom. The smallest absolute Gasteiger partial charge is 0.139 e. The van der Waals surface area contributed by atoms with Gasteiger partial charge in [-0.05, 0) is 12.5 Å². The van der Waals surface area contributed by atoms with Crippen molar-refractivity contribution in [2.24, 2.45) is 0 Å². The molecule has 0 spiro atoms. The van der Waals surface area contributed by atoms with Crippen LogP contribution in [0.3, 0.4) is 0 Å². The Morgan fingerprint density at radius 3 is 2.37 bits per heavy atom. The number of aliphatic hydroxyl groups is 2. The van der Waals surface area contributed by atoms with Crippen molar-refractivity contribution in [2.75, 3.05) is 6.61 Å². The summed E-state index contributed by atoms with van der Waals surface area (Å²) >= 11 is 17.6. The highest BCUT2D eigenvalue weighted by atomic mass is 35.5. The van der Waals surface area contributed by atoms with E-state index in [1.807, 2.05) is 0 Å². The van der Waals surface area contributed by atoms with Crippen molar-refractivity contribution in [3.05, 3.63) is 39.9 Å². The number of halogens is 3. The third-order valence-electron chi connectivity index (χ3n) is 2.39. The molecule has 0 bridgehead atoms. The van der Waals surface area contributed by atoms with Crippen molar-refractivity contribution >= 4 is 34.8 Å². The van der Waals surface area contributed by atoms with Crippen LogP contribution in [0.25, 0.3) is 0 Å². The first-order valence-electron chi connectivity index (χ1n) is 5.68. The van der Waals surface area contributed by atoms with Crippen molar-refractivity contribution in [3.8, 4) is 5.75 Å². The van der Waals surface area contributed by atoms with Crippen molar-refractivity contribution in [1.82, 2.24) is 0 Å². The predicted molar refractivity (Wildman–Crippen MR) is 78.4 cm³/mol. The van der Waals surface area contributed by atoms with Gasteiger partial charge in [0, 0.05) is 12.5 Å². The molecule has 2 N–H and O–H groups in total. The van der Waals surface area contributed by atoms with Crippen molar-refractivity contribution in [3.63, 3.8) is 0 Å². The summed E-state index contributed by atoms with van der Waals surface area (Å²) in [6, 6.07) is 2.96. The molecule has 0 saturated carbocycles. The zero-order valence-corrected chi connectivity index (χ0v) is 12.4. The van der Waals surface area contributed by atoms with Gasteiger partial charge in [0.1, 0.15) is 12.4 Å². The third-order valence-corrected chi connectivity index (χ3v) is 3.41. The van der Waals surface area contributed by atoms with Gasteiger partial charge in [0.15, 0.2) is 0 Å². The summed E-state index contributed by atoms with van der Waals surface area (Å²) in [6.45, 7) is 3.52. The molecule has 0 heterocycles. The molecular formula is C13H15Cl3O3. The van der Waals surface area contributed by atoms with E-state index in [4.69, 9.17) is 39.5 Å². The summed E-state index contributed by atoms with van der Waals surface area (Å²) in [5.74, 6) is 0.341. The van der Waals surface area contributed by atoms with E-state index < -0.39 is 12.2 Å². The molecule has 1 aromatic rings. The van der Waals surface area contributed by atoms with Gasteiger partial charge in [-0.15, -0.1) is 6.58 Å². The van der Waals surface area contributed by atoms with Crippen LogP contribution in [0.5, 0.6) is 5.75 Å². The van der Waals surface area contributed by atoms with Crippen LogP contribution in [-0.2, 0) is 0 Å².